The van der Waals surface area contributed by atoms with Gasteiger partial charge in [-0.1, -0.05) is 0 Å². The predicted molar refractivity (Wildman–Crippen MR) is 69.0 cm³/mol. The fraction of sp³-hybridized carbons (Fsp3) is 0.750. The van der Waals surface area contributed by atoms with Gasteiger partial charge in [0.2, 0.25) is 0 Å². The number of aromatic nitrogens is 2. The van der Waals surface area contributed by atoms with Crippen LogP contribution in [-0.4, -0.2) is 50.0 Å². The molecule has 2 saturated heterocycles. The van der Waals surface area contributed by atoms with Crippen LogP contribution in [0.1, 0.15) is 11.3 Å². The molecule has 0 saturated carbocycles. The van der Waals surface area contributed by atoms with Crippen LogP contribution in [0.5, 0.6) is 0 Å². The van der Waals surface area contributed by atoms with Gasteiger partial charge in [0, 0.05) is 55.4 Å². The molecule has 3 heterocycles. The van der Waals surface area contributed by atoms with Gasteiger partial charge in [-0.15, -0.1) is 0 Å². The molecular weight excluding hydrogens is 234 g/mol. The minimum atomic E-state index is -0.0926. The highest BCUT2D eigenvalue weighted by Crippen LogP contribution is 2.38. The van der Waals surface area contributed by atoms with Gasteiger partial charge in [0.05, 0.1) is 11.8 Å². The molecule has 3 rings (SSSR count). The molecule has 5 heteroatoms. The Bertz CT molecular complexity index is 420. The van der Waals surface area contributed by atoms with Crippen molar-refractivity contribution in [1.29, 1.82) is 0 Å². The van der Waals surface area contributed by atoms with Crippen LogP contribution >= 0.6 is 11.8 Å². The number of hydrogen-bond donors (Lipinski definition) is 1. The molecule has 2 fully saturated rings. The van der Waals surface area contributed by atoms with Crippen molar-refractivity contribution in [3.8, 4) is 0 Å². The lowest BCUT2D eigenvalue weighted by atomic mass is 10.0. The first kappa shape index (κ1) is 11.6. The molecule has 0 aromatic carbocycles. The second-order valence-electron chi connectivity index (χ2n) is 5.21. The molecule has 1 aromatic heterocycles. The summed E-state index contributed by atoms with van der Waals surface area (Å²) in [5, 5.41) is 14.9. The molecule has 1 N–H and O–H groups in total. The van der Waals surface area contributed by atoms with E-state index < -0.39 is 0 Å². The summed E-state index contributed by atoms with van der Waals surface area (Å²) in [5.41, 5.74) is 2.43. The first-order valence-corrected chi connectivity index (χ1v) is 7.19. The van der Waals surface area contributed by atoms with E-state index in [2.05, 4.69) is 23.1 Å². The number of aliphatic hydroxyl groups excluding tert-OH is 1. The lowest BCUT2D eigenvalue weighted by Gasteiger charge is -2.17. The molecule has 0 spiro atoms. The maximum Gasteiger partial charge on any atom is 0.0682 e. The number of nitrogens with zero attached hydrogens (tertiary/aromatic N) is 3. The van der Waals surface area contributed by atoms with E-state index >= 15 is 0 Å². The first-order valence-electron chi connectivity index (χ1n) is 6.14. The van der Waals surface area contributed by atoms with Gasteiger partial charge in [0.1, 0.15) is 0 Å². The second-order valence-corrected chi connectivity index (χ2v) is 6.48. The Balaban J connectivity index is 1.66. The lowest BCUT2D eigenvalue weighted by molar-refractivity contribution is 0.140. The minimum absolute atomic E-state index is 0.0926. The van der Waals surface area contributed by atoms with Crippen molar-refractivity contribution in [2.75, 3.05) is 18.8 Å². The highest BCUT2D eigenvalue weighted by Gasteiger charge is 2.42. The zero-order valence-corrected chi connectivity index (χ0v) is 11.2. The Morgan fingerprint density at radius 3 is 3.00 bits per heavy atom. The van der Waals surface area contributed by atoms with Gasteiger partial charge in [-0.2, -0.15) is 16.9 Å². The molecular formula is C12H19N3OS. The average Bonchev–Trinajstić information content (AvgIpc) is 2.88. The highest BCUT2D eigenvalue weighted by atomic mass is 32.2. The Hall–Kier alpha value is -0.520. The topological polar surface area (TPSA) is 41.3 Å². The third-order valence-electron chi connectivity index (χ3n) is 3.87. The van der Waals surface area contributed by atoms with Gasteiger partial charge in [0.25, 0.3) is 0 Å². The normalized spacial score (nSPS) is 33.2. The predicted octanol–water partition coefficient (Wildman–Crippen LogP) is 0.637. The van der Waals surface area contributed by atoms with Crippen molar-refractivity contribution in [3.05, 3.63) is 17.5 Å². The molecule has 0 aliphatic carbocycles. The summed E-state index contributed by atoms with van der Waals surface area (Å²) in [6, 6.07) is 0. The maximum atomic E-state index is 9.88. The van der Waals surface area contributed by atoms with Gasteiger partial charge in [-0.05, 0) is 6.92 Å². The van der Waals surface area contributed by atoms with Crippen molar-refractivity contribution < 1.29 is 5.11 Å². The first-order chi connectivity index (χ1) is 8.13. The maximum absolute atomic E-state index is 9.88. The van der Waals surface area contributed by atoms with Crippen LogP contribution in [0.2, 0.25) is 0 Å². The third kappa shape index (κ3) is 2.11. The molecule has 0 amide bonds. The molecule has 17 heavy (non-hydrogen) atoms. The van der Waals surface area contributed by atoms with E-state index in [0.29, 0.717) is 11.2 Å². The molecule has 2 aliphatic heterocycles. The van der Waals surface area contributed by atoms with Crippen molar-refractivity contribution >= 4 is 11.8 Å². The zero-order chi connectivity index (χ0) is 12.0. The van der Waals surface area contributed by atoms with Crippen molar-refractivity contribution in [2.24, 2.45) is 13.0 Å². The Morgan fingerprint density at radius 2 is 2.35 bits per heavy atom. The molecule has 94 valence electrons. The van der Waals surface area contributed by atoms with Crippen molar-refractivity contribution in [2.45, 2.75) is 24.8 Å². The molecule has 3 atom stereocenters. The summed E-state index contributed by atoms with van der Waals surface area (Å²) in [5.74, 6) is 1.41. The summed E-state index contributed by atoms with van der Waals surface area (Å²) < 4.78 is 1.88. The monoisotopic (exact) mass is 253 g/mol. The summed E-state index contributed by atoms with van der Waals surface area (Å²) in [6.07, 6.45) is 2.01. The standard InChI is InChI=1S/C12H19N3OS/c1-8-9(3-14(2)13-8)4-15-5-10-11(16)7-17-12(10)6-15/h3,10-12,16H,4-7H2,1-2H3. The number of thioether (sulfide) groups is 1. The number of hydrogen-bond acceptors (Lipinski definition) is 4. The number of likely N-dealkylation sites (tertiary alicyclic amines) is 1. The molecule has 1 aromatic rings. The van der Waals surface area contributed by atoms with Gasteiger partial charge < -0.3 is 5.11 Å². The van der Waals surface area contributed by atoms with Crippen LogP contribution < -0.4 is 0 Å². The van der Waals surface area contributed by atoms with E-state index in [0.717, 1.165) is 31.1 Å². The number of fused-ring (bicyclic) bond motifs is 1. The largest absolute Gasteiger partial charge is 0.392 e. The van der Waals surface area contributed by atoms with E-state index in [1.165, 1.54) is 5.56 Å². The van der Waals surface area contributed by atoms with Crippen LogP contribution in [0.4, 0.5) is 0 Å². The van der Waals surface area contributed by atoms with Crippen LogP contribution in [0.3, 0.4) is 0 Å². The third-order valence-corrected chi connectivity index (χ3v) is 5.33. The average molecular weight is 253 g/mol. The number of rotatable bonds is 2. The van der Waals surface area contributed by atoms with E-state index in [9.17, 15) is 5.11 Å². The molecule has 0 radical (unpaired) electrons. The van der Waals surface area contributed by atoms with Gasteiger partial charge in [0.15, 0.2) is 0 Å². The number of aryl methyl sites for hydroxylation is 2. The Labute approximate surface area is 106 Å². The van der Waals surface area contributed by atoms with Gasteiger partial charge >= 0.3 is 0 Å². The van der Waals surface area contributed by atoms with E-state index in [1.807, 2.05) is 23.5 Å². The highest BCUT2D eigenvalue weighted by molar-refractivity contribution is 8.00. The fourth-order valence-corrected chi connectivity index (χ4v) is 4.47. The smallest absolute Gasteiger partial charge is 0.0682 e. The summed E-state index contributed by atoms with van der Waals surface area (Å²) in [7, 11) is 1.97. The Morgan fingerprint density at radius 1 is 1.53 bits per heavy atom. The van der Waals surface area contributed by atoms with Crippen LogP contribution in [-0.2, 0) is 13.6 Å². The fourth-order valence-electron chi connectivity index (χ4n) is 2.95. The molecule has 0 bridgehead atoms. The summed E-state index contributed by atoms with van der Waals surface area (Å²) >= 11 is 1.93. The van der Waals surface area contributed by atoms with E-state index in [1.54, 1.807) is 0 Å². The molecule has 3 unspecified atom stereocenters. The van der Waals surface area contributed by atoms with Crippen LogP contribution in [0.25, 0.3) is 0 Å². The van der Waals surface area contributed by atoms with Crippen LogP contribution in [0.15, 0.2) is 6.20 Å². The SMILES string of the molecule is Cc1nn(C)cc1CN1CC2SCC(O)C2C1. The van der Waals surface area contributed by atoms with Crippen molar-refractivity contribution in [3.63, 3.8) is 0 Å². The van der Waals surface area contributed by atoms with Gasteiger partial charge in [-0.25, -0.2) is 0 Å². The lowest BCUT2D eigenvalue weighted by Crippen LogP contribution is -2.25. The summed E-state index contributed by atoms with van der Waals surface area (Å²) in [4.78, 5) is 2.45. The van der Waals surface area contributed by atoms with E-state index in [-0.39, 0.29) is 6.10 Å². The number of aliphatic hydroxyl groups is 1. The zero-order valence-electron chi connectivity index (χ0n) is 10.3. The van der Waals surface area contributed by atoms with Crippen molar-refractivity contribution in [1.82, 2.24) is 14.7 Å². The van der Waals surface area contributed by atoms with Crippen LogP contribution in [0, 0.1) is 12.8 Å². The molecule has 4 nitrogen and oxygen atoms in total. The molecule has 2 aliphatic rings. The summed E-state index contributed by atoms with van der Waals surface area (Å²) in [6.45, 7) is 5.18. The quantitative estimate of drug-likeness (QED) is 0.840. The van der Waals surface area contributed by atoms with Gasteiger partial charge in [-0.3, -0.25) is 9.58 Å². The Kier molecular flexibility index (Phi) is 2.92. The second kappa shape index (κ2) is 4.30. The van der Waals surface area contributed by atoms with E-state index in [4.69, 9.17) is 0 Å². The minimum Gasteiger partial charge on any atom is -0.392 e.